The number of nitrogens with one attached hydrogen (secondary N) is 1. The van der Waals surface area contributed by atoms with E-state index in [1.165, 1.54) is 16.4 Å². The van der Waals surface area contributed by atoms with Crippen molar-refractivity contribution in [2.24, 2.45) is 5.92 Å². The van der Waals surface area contributed by atoms with Gasteiger partial charge in [-0.05, 0) is 62.1 Å². The fraction of sp³-hybridized carbons (Fsp3) is 0.391. The number of rotatable bonds is 5. The number of carbonyl (C=O) groups is 2. The predicted octanol–water partition coefficient (Wildman–Crippen LogP) is 3.10. The maximum atomic E-state index is 13.1. The lowest BCUT2D eigenvalue weighted by Crippen LogP contribution is -2.41. The van der Waals surface area contributed by atoms with Gasteiger partial charge in [-0.3, -0.25) is 9.59 Å². The quantitative estimate of drug-likeness (QED) is 0.745. The van der Waals surface area contributed by atoms with E-state index >= 15 is 0 Å². The summed E-state index contributed by atoms with van der Waals surface area (Å²) in [6.07, 6.45) is 2.71. The molecule has 32 heavy (non-hydrogen) atoms. The van der Waals surface area contributed by atoms with Gasteiger partial charge in [0.1, 0.15) is 5.82 Å². The minimum atomic E-state index is -3.73. The number of para-hydroxylation sites is 1. The highest BCUT2D eigenvalue weighted by Crippen LogP contribution is 2.26. The van der Waals surface area contributed by atoms with E-state index < -0.39 is 15.8 Å². The Balaban J connectivity index is 1.39. The minimum Gasteiger partial charge on any atom is -0.339 e. The molecule has 2 aromatic carbocycles. The first-order chi connectivity index (χ1) is 15.4. The smallest absolute Gasteiger partial charge is 0.255 e. The van der Waals surface area contributed by atoms with Crippen LogP contribution in [0.3, 0.4) is 0 Å². The molecule has 1 N–H and O–H groups in total. The maximum Gasteiger partial charge on any atom is 0.255 e. The molecule has 9 heteroatoms. The van der Waals surface area contributed by atoms with Crippen LogP contribution < -0.4 is 5.32 Å². The third-order valence-corrected chi connectivity index (χ3v) is 8.00. The Bertz CT molecular complexity index is 1090. The minimum absolute atomic E-state index is 0.0381. The molecule has 4 rings (SSSR count). The Hall–Kier alpha value is -2.78. The predicted molar refractivity (Wildman–Crippen MR) is 118 cm³/mol. The second-order valence-electron chi connectivity index (χ2n) is 8.17. The standard InChI is InChI=1S/C23H26FN3O4S/c24-18-7-9-19(10-8-18)32(30,31)27-15-11-17(12-16-27)22(28)25-21-6-2-1-5-20(21)23(29)26-13-3-4-14-26/h1-2,5-10,17H,3-4,11-16H2,(H,25,28). The van der Waals surface area contributed by atoms with Crippen LogP contribution in [0.25, 0.3) is 0 Å². The second kappa shape index (κ2) is 9.38. The van der Waals surface area contributed by atoms with Gasteiger partial charge in [-0.2, -0.15) is 4.31 Å². The lowest BCUT2D eigenvalue weighted by Gasteiger charge is -2.30. The van der Waals surface area contributed by atoms with Crippen molar-refractivity contribution in [1.82, 2.24) is 9.21 Å². The van der Waals surface area contributed by atoms with E-state index in [1.807, 2.05) is 0 Å². The van der Waals surface area contributed by atoms with Gasteiger partial charge < -0.3 is 10.2 Å². The van der Waals surface area contributed by atoms with Gasteiger partial charge in [0.25, 0.3) is 5.91 Å². The number of anilines is 1. The zero-order valence-electron chi connectivity index (χ0n) is 17.7. The van der Waals surface area contributed by atoms with Crippen molar-refractivity contribution >= 4 is 27.5 Å². The van der Waals surface area contributed by atoms with Crippen LogP contribution in [0.1, 0.15) is 36.0 Å². The van der Waals surface area contributed by atoms with E-state index in [-0.39, 0.29) is 35.7 Å². The van der Waals surface area contributed by atoms with Crippen LogP contribution in [0.2, 0.25) is 0 Å². The van der Waals surface area contributed by atoms with E-state index in [1.54, 1.807) is 29.2 Å². The van der Waals surface area contributed by atoms with E-state index in [0.29, 0.717) is 24.1 Å². The molecule has 0 unspecified atom stereocenters. The van der Waals surface area contributed by atoms with Crippen LogP contribution in [-0.4, -0.2) is 55.6 Å². The van der Waals surface area contributed by atoms with Crippen LogP contribution in [-0.2, 0) is 14.8 Å². The molecule has 0 spiro atoms. The number of hydrogen-bond acceptors (Lipinski definition) is 4. The molecule has 0 aliphatic carbocycles. The summed E-state index contributed by atoms with van der Waals surface area (Å²) >= 11 is 0. The van der Waals surface area contributed by atoms with Crippen LogP contribution in [0, 0.1) is 11.7 Å². The van der Waals surface area contributed by atoms with E-state index in [2.05, 4.69) is 5.32 Å². The highest BCUT2D eigenvalue weighted by molar-refractivity contribution is 7.89. The Kier molecular flexibility index (Phi) is 6.57. The van der Waals surface area contributed by atoms with Crippen molar-refractivity contribution in [1.29, 1.82) is 0 Å². The van der Waals surface area contributed by atoms with Gasteiger partial charge in [-0.25, -0.2) is 12.8 Å². The van der Waals surface area contributed by atoms with Crippen LogP contribution in [0.4, 0.5) is 10.1 Å². The molecule has 2 amide bonds. The monoisotopic (exact) mass is 459 g/mol. The molecule has 0 aromatic heterocycles. The van der Waals surface area contributed by atoms with Crippen molar-refractivity contribution in [2.75, 3.05) is 31.5 Å². The zero-order valence-corrected chi connectivity index (χ0v) is 18.5. The molecule has 2 fully saturated rings. The summed E-state index contributed by atoms with van der Waals surface area (Å²) in [6.45, 7) is 1.85. The lowest BCUT2D eigenvalue weighted by atomic mass is 9.97. The van der Waals surface area contributed by atoms with E-state index in [0.717, 1.165) is 38.1 Å². The van der Waals surface area contributed by atoms with Crippen LogP contribution >= 0.6 is 0 Å². The van der Waals surface area contributed by atoms with Gasteiger partial charge in [-0.15, -0.1) is 0 Å². The summed E-state index contributed by atoms with van der Waals surface area (Å²) in [5, 5.41) is 2.88. The number of hydrogen-bond donors (Lipinski definition) is 1. The molecule has 0 saturated carbocycles. The van der Waals surface area contributed by atoms with Gasteiger partial charge in [0.05, 0.1) is 16.1 Å². The van der Waals surface area contributed by atoms with Crippen molar-refractivity contribution in [3.63, 3.8) is 0 Å². The van der Waals surface area contributed by atoms with Gasteiger partial charge in [-0.1, -0.05) is 12.1 Å². The normalized spacial score (nSPS) is 18.0. The summed E-state index contributed by atoms with van der Waals surface area (Å²) in [5.74, 6) is -1.16. The largest absolute Gasteiger partial charge is 0.339 e. The summed E-state index contributed by atoms with van der Waals surface area (Å²) in [5.41, 5.74) is 0.954. The van der Waals surface area contributed by atoms with E-state index in [9.17, 15) is 22.4 Å². The van der Waals surface area contributed by atoms with Crippen molar-refractivity contribution in [3.05, 3.63) is 59.9 Å². The number of likely N-dealkylation sites (tertiary alicyclic amines) is 1. The Morgan fingerprint density at radius 1 is 0.906 bits per heavy atom. The summed E-state index contributed by atoms with van der Waals surface area (Å²) in [4.78, 5) is 27.5. The molecule has 0 bridgehead atoms. The van der Waals surface area contributed by atoms with Gasteiger partial charge in [0, 0.05) is 32.1 Å². The van der Waals surface area contributed by atoms with E-state index in [4.69, 9.17) is 0 Å². The molecule has 2 saturated heterocycles. The van der Waals surface area contributed by atoms with Crippen molar-refractivity contribution < 1.29 is 22.4 Å². The number of halogens is 1. The average molecular weight is 460 g/mol. The number of amides is 2. The SMILES string of the molecule is O=C(Nc1ccccc1C(=O)N1CCCC1)C1CCN(S(=O)(=O)c2ccc(F)cc2)CC1. The van der Waals surface area contributed by atoms with Crippen molar-refractivity contribution in [3.8, 4) is 0 Å². The fourth-order valence-corrected chi connectivity index (χ4v) is 5.69. The molecule has 0 radical (unpaired) electrons. The molecule has 2 aliphatic heterocycles. The van der Waals surface area contributed by atoms with Gasteiger partial charge in [0.2, 0.25) is 15.9 Å². The average Bonchev–Trinajstić information content (AvgIpc) is 3.34. The number of carbonyl (C=O) groups excluding carboxylic acids is 2. The second-order valence-corrected chi connectivity index (χ2v) is 10.1. The lowest BCUT2D eigenvalue weighted by molar-refractivity contribution is -0.120. The van der Waals surface area contributed by atoms with Gasteiger partial charge in [0.15, 0.2) is 0 Å². The molecular formula is C23H26FN3O4S. The molecule has 2 aromatic rings. The highest BCUT2D eigenvalue weighted by Gasteiger charge is 2.32. The third-order valence-electron chi connectivity index (χ3n) is 6.08. The van der Waals surface area contributed by atoms with Crippen LogP contribution in [0.5, 0.6) is 0 Å². The van der Waals surface area contributed by atoms with Gasteiger partial charge >= 0.3 is 0 Å². The first-order valence-electron chi connectivity index (χ1n) is 10.8. The Labute approximate surface area is 187 Å². The Morgan fingerprint density at radius 3 is 2.19 bits per heavy atom. The highest BCUT2D eigenvalue weighted by atomic mass is 32.2. The fourth-order valence-electron chi connectivity index (χ4n) is 4.22. The zero-order chi connectivity index (χ0) is 22.7. The summed E-state index contributed by atoms with van der Waals surface area (Å²) < 4.78 is 40.0. The number of sulfonamides is 1. The molecule has 7 nitrogen and oxygen atoms in total. The number of nitrogens with zero attached hydrogens (tertiary/aromatic N) is 2. The Morgan fingerprint density at radius 2 is 1.53 bits per heavy atom. The first-order valence-corrected chi connectivity index (χ1v) is 12.2. The van der Waals surface area contributed by atoms with Crippen molar-refractivity contribution in [2.45, 2.75) is 30.6 Å². The summed E-state index contributed by atoms with van der Waals surface area (Å²) in [7, 11) is -3.73. The first kappa shape index (κ1) is 22.4. The molecule has 2 heterocycles. The third kappa shape index (κ3) is 4.68. The van der Waals surface area contributed by atoms with Crippen LogP contribution in [0.15, 0.2) is 53.4 Å². The summed E-state index contributed by atoms with van der Waals surface area (Å²) in [6, 6.07) is 11.7. The molecule has 170 valence electrons. The topological polar surface area (TPSA) is 86.8 Å². The number of piperidine rings is 1. The molecular weight excluding hydrogens is 433 g/mol. The maximum absolute atomic E-state index is 13.1. The molecule has 0 atom stereocenters. The molecule has 2 aliphatic rings. The number of benzene rings is 2.